The highest BCUT2D eigenvalue weighted by Crippen LogP contribution is 2.78. The van der Waals surface area contributed by atoms with Crippen LogP contribution in [0.3, 0.4) is 0 Å². The van der Waals surface area contributed by atoms with Crippen molar-refractivity contribution in [3.8, 4) is 0 Å². The number of anilines is 2. The number of aliphatic hydroxyl groups is 3. The molecule has 10 aliphatic rings. The number of aliphatic hydroxyl groups excluding tert-OH is 3. The van der Waals surface area contributed by atoms with E-state index >= 15 is 4.79 Å². The third kappa shape index (κ3) is 2.63. The number of nitrogens with zero attached hydrogens (tertiary/aromatic N) is 4. The van der Waals surface area contributed by atoms with Crippen LogP contribution in [-0.4, -0.2) is 123 Å². The summed E-state index contributed by atoms with van der Waals surface area (Å²) in [5, 5.41) is 44.5. The molecule has 5 N–H and O–H groups in total. The molecule has 2 spiro atoms. The van der Waals surface area contributed by atoms with E-state index in [2.05, 4.69) is 10.6 Å². The zero-order chi connectivity index (χ0) is 34.4. The van der Waals surface area contributed by atoms with E-state index in [1.807, 2.05) is 56.3 Å². The number of hydrogen-bond acceptors (Lipinski definition) is 13. The first-order chi connectivity index (χ1) is 23.3. The Morgan fingerprint density at radius 2 is 1.16 bits per heavy atom. The molecule has 10 aliphatic heterocycles. The zero-order valence-corrected chi connectivity index (χ0v) is 29.9. The van der Waals surface area contributed by atoms with Gasteiger partial charge in [0.25, 0.3) is 23.6 Å². The fraction of sp³-hybridized carbons (Fsp3) is 0.500. The van der Waals surface area contributed by atoms with Crippen molar-refractivity contribution in [3.05, 3.63) is 59.7 Å². The number of para-hydroxylation sites is 2. The summed E-state index contributed by atoms with van der Waals surface area (Å²) in [6.07, 6.45) is -5.53. The van der Waals surface area contributed by atoms with Gasteiger partial charge in [-0.2, -0.15) is 0 Å². The zero-order valence-electron chi connectivity index (χ0n) is 26.6. The second-order valence-electron chi connectivity index (χ2n) is 14.3. The molecule has 49 heavy (non-hydrogen) atoms. The lowest BCUT2D eigenvalue weighted by Crippen LogP contribution is -2.79. The van der Waals surface area contributed by atoms with Gasteiger partial charge in [0.15, 0.2) is 4.87 Å². The third-order valence-electron chi connectivity index (χ3n) is 12.7. The highest BCUT2D eigenvalue weighted by molar-refractivity contribution is 8.78. The lowest BCUT2D eigenvalue weighted by molar-refractivity contribution is -0.169. The maximum absolute atomic E-state index is 15.1. The molecule has 4 bridgehead atoms. The molecule has 2 aromatic rings. The first-order valence-corrected chi connectivity index (χ1v) is 20.3. The van der Waals surface area contributed by atoms with Crippen molar-refractivity contribution in [2.24, 2.45) is 5.92 Å². The topological polar surface area (TPSA) is 166 Å². The Balaban J connectivity index is 1.34. The van der Waals surface area contributed by atoms with Crippen LogP contribution in [-0.2, 0) is 30.0 Å². The second kappa shape index (κ2) is 8.97. The number of nitrogens with one attached hydrogen (secondary N) is 2. The van der Waals surface area contributed by atoms with Crippen molar-refractivity contribution >= 4 is 78.2 Å². The molecular weight excluding hydrogens is 709 g/mol. The van der Waals surface area contributed by atoms with Gasteiger partial charge < -0.3 is 35.8 Å². The summed E-state index contributed by atoms with van der Waals surface area (Å²) >= 11 is 0. The van der Waals surface area contributed by atoms with Crippen LogP contribution in [0.15, 0.2) is 48.5 Å². The fourth-order valence-corrected chi connectivity index (χ4v) is 18.4. The van der Waals surface area contributed by atoms with Gasteiger partial charge in [0, 0.05) is 25.5 Å². The number of hydrogen-bond donors (Lipinski definition) is 5. The van der Waals surface area contributed by atoms with Crippen LogP contribution in [0.25, 0.3) is 0 Å². The fourth-order valence-electron chi connectivity index (χ4n) is 10.5. The average Bonchev–Trinajstić information content (AvgIpc) is 3.75. The lowest BCUT2D eigenvalue weighted by Gasteiger charge is -2.60. The number of carbonyl (C=O) groups excluding carboxylic acids is 4. The molecule has 0 unspecified atom stereocenters. The molecule has 256 valence electrons. The van der Waals surface area contributed by atoms with Crippen LogP contribution in [0.1, 0.15) is 25.0 Å². The number of likely N-dealkylation sites (N-methyl/N-ethyl adjacent to an activating group) is 2. The highest BCUT2D eigenvalue weighted by atomic mass is 33.1. The smallest absolute Gasteiger partial charge is 0.265 e. The van der Waals surface area contributed by atoms with E-state index in [0.717, 1.165) is 21.6 Å². The van der Waals surface area contributed by atoms with Gasteiger partial charge in [-0.15, -0.1) is 0 Å². The molecule has 8 fully saturated rings. The van der Waals surface area contributed by atoms with Gasteiger partial charge in [-0.3, -0.25) is 29.0 Å². The molecule has 13 nitrogen and oxygen atoms in total. The highest BCUT2D eigenvalue weighted by Gasteiger charge is 2.93. The third-order valence-corrected chi connectivity index (χ3v) is 20.2. The minimum absolute atomic E-state index is 0.297. The van der Waals surface area contributed by atoms with E-state index in [4.69, 9.17) is 0 Å². The Kier molecular flexibility index (Phi) is 5.67. The number of fused-ring (bicyclic) bond motifs is 11. The Morgan fingerprint density at radius 1 is 0.694 bits per heavy atom. The molecule has 0 aromatic heterocycles. The maximum atomic E-state index is 15.1. The molecule has 4 amide bonds. The predicted molar refractivity (Wildman–Crippen MR) is 186 cm³/mol. The summed E-state index contributed by atoms with van der Waals surface area (Å²) < 4.78 is 0. The molecule has 17 heteroatoms. The Labute approximate surface area is 296 Å². The van der Waals surface area contributed by atoms with Crippen LogP contribution < -0.4 is 10.6 Å². The van der Waals surface area contributed by atoms with Crippen molar-refractivity contribution in [2.45, 2.75) is 68.7 Å². The van der Waals surface area contributed by atoms with Crippen LogP contribution in [0.2, 0.25) is 0 Å². The molecule has 0 radical (unpaired) electrons. The van der Waals surface area contributed by atoms with Gasteiger partial charge >= 0.3 is 0 Å². The van der Waals surface area contributed by atoms with E-state index in [9.17, 15) is 29.7 Å². The van der Waals surface area contributed by atoms with Gasteiger partial charge in [-0.25, -0.2) is 0 Å². The monoisotopic (exact) mass is 740 g/mol. The average molecular weight is 741 g/mol. The van der Waals surface area contributed by atoms with E-state index in [1.54, 1.807) is 13.1 Å². The number of carbonyl (C=O) groups is 4. The SMILES string of the molecule is CC(C)[C@@]12SS[C@]3(C(=O)N1C)[C@@H](O)[C@]1([C@]45c6ccccc6N[C@H]4N4C(=O)[C@]6(CO)SS[C@]4(C(=O)N6C)[C@H]5O)c4ccccc4N[C@@H]1N3C2=O. The second-order valence-corrected chi connectivity index (χ2v) is 19.5. The quantitative estimate of drug-likeness (QED) is 0.283. The molecule has 8 saturated heterocycles. The van der Waals surface area contributed by atoms with Crippen molar-refractivity contribution < 1.29 is 34.5 Å². The van der Waals surface area contributed by atoms with E-state index in [1.165, 1.54) is 48.2 Å². The largest absolute Gasteiger partial charge is 0.392 e. The summed E-state index contributed by atoms with van der Waals surface area (Å²) in [6, 6.07) is 14.6. The predicted octanol–water partition coefficient (Wildman–Crippen LogP) is 0.939. The minimum Gasteiger partial charge on any atom is -0.392 e. The minimum atomic E-state index is -1.87. The van der Waals surface area contributed by atoms with E-state index in [0.29, 0.717) is 22.5 Å². The number of benzene rings is 2. The first kappa shape index (κ1) is 31.0. The van der Waals surface area contributed by atoms with Crippen LogP contribution in [0.4, 0.5) is 11.4 Å². The normalized spacial score (nSPS) is 45.0. The maximum Gasteiger partial charge on any atom is 0.265 e. The van der Waals surface area contributed by atoms with Crippen molar-refractivity contribution in [2.75, 3.05) is 31.3 Å². The van der Waals surface area contributed by atoms with Gasteiger partial charge in [0.2, 0.25) is 14.6 Å². The van der Waals surface area contributed by atoms with Gasteiger partial charge in [-0.1, -0.05) is 61.0 Å². The van der Waals surface area contributed by atoms with Crippen LogP contribution >= 0.6 is 43.2 Å². The van der Waals surface area contributed by atoms with Crippen molar-refractivity contribution in [1.29, 1.82) is 0 Å². The Bertz CT molecular complexity index is 1980. The molecule has 10 heterocycles. The van der Waals surface area contributed by atoms with Crippen LogP contribution in [0, 0.1) is 5.92 Å². The number of amides is 4. The van der Waals surface area contributed by atoms with Gasteiger partial charge in [-0.05, 0) is 61.6 Å². The number of piperazine rings is 2. The van der Waals surface area contributed by atoms with Gasteiger partial charge in [0.05, 0.1) is 17.4 Å². The summed E-state index contributed by atoms with van der Waals surface area (Å²) in [7, 11) is 7.57. The summed E-state index contributed by atoms with van der Waals surface area (Å²) in [6.45, 7) is 3.13. The van der Waals surface area contributed by atoms with E-state index < -0.39 is 79.2 Å². The molecule has 2 aromatic carbocycles. The summed E-state index contributed by atoms with van der Waals surface area (Å²) in [5.74, 6) is -2.18. The molecule has 12 rings (SSSR count). The Hall–Kier alpha value is -2.80. The van der Waals surface area contributed by atoms with Gasteiger partial charge in [0.1, 0.15) is 24.5 Å². The molecule has 10 atom stereocenters. The summed E-state index contributed by atoms with van der Waals surface area (Å²) in [4.78, 5) is 58.4. The Morgan fingerprint density at radius 3 is 1.67 bits per heavy atom. The number of rotatable bonds is 3. The van der Waals surface area contributed by atoms with E-state index in [-0.39, 0.29) is 11.8 Å². The first-order valence-electron chi connectivity index (χ1n) is 16.0. The van der Waals surface area contributed by atoms with Crippen molar-refractivity contribution in [3.63, 3.8) is 0 Å². The molecule has 0 aliphatic carbocycles. The summed E-state index contributed by atoms with van der Waals surface area (Å²) in [5.41, 5.74) is -1.13. The molecule has 0 saturated carbocycles. The molecular formula is C32H32N6O7S4. The standard InChI is InChI=1S/C32H32N6O7S4/c1-14(2)30-26(45)38-22-29(16-10-6-8-12-18(16)34-22,20(41)32(38,49-47-30)25(44)36(30)4)28-15-9-5-7-11-17(15)33-21(28)37-23(42)27(13-39)35(3)24(43)31(37,19(28)40)48-46-27/h5-12,14,19-22,33-34,39-41H,13H2,1-4H3/t19-,20-,21-,22+,27-,28-,29+,30-,31-,32-/m0/s1. The van der Waals surface area contributed by atoms with Crippen molar-refractivity contribution in [1.82, 2.24) is 19.6 Å². The lowest BCUT2D eigenvalue weighted by atomic mass is 9.52. The van der Waals surface area contributed by atoms with Crippen LogP contribution in [0.5, 0.6) is 0 Å².